The Balaban J connectivity index is 1.47. The highest BCUT2D eigenvalue weighted by Crippen LogP contribution is 2.39. The van der Waals surface area contributed by atoms with Gasteiger partial charge in [0.25, 0.3) is 6.47 Å². The summed E-state index contributed by atoms with van der Waals surface area (Å²) in [6, 6.07) is 4.38. The number of imidazole rings is 1. The van der Waals surface area contributed by atoms with E-state index >= 15 is 0 Å². The average molecular weight is 453 g/mol. The number of hydrogen-bond donors (Lipinski definition) is 1. The number of aromatic nitrogens is 5. The Morgan fingerprint density at radius 2 is 2.24 bits per heavy atom. The first-order chi connectivity index (χ1) is 16.0. The lowest BCUT2D eigenvalue weighted by molar-refractivity contribution is -0.216. The highest BCUT2D eigenvalue weighted by molar-refractivity contribution is 5.78. The molecular formula is C22H28N8O3. The van der Waals surface area contributed by atoms with E-state index in [9.17, 15) is 4.79 Å². The van der Waals surface area contributed by atoms with Crippen LogP contribution in [0.5, 0.6) is 0 Å². The van der Waals surface area contributed by atoms with Crippen LogP contribution in [0, 0.1) is 0 Å². The third kappa shape index (κ3) is 3.42. The zero-order valence-corrected chi connectivity index (χ0v) is 18.8. The van der Waals surface area contributed by atoms with Crippen LogP contribution >= 0.6 is 0 Å². The van der Waals surface area contributed by atoms with E-state index in [1.165, 1.54) is 0 Å². The molecule has 3 aliphatic rings. The monoisotopic (exact) mass is 452 g/mol. The van der Waals surface area contributed by atoms with Crippen molar-refractivity contribution in [1.82, 2.24) is 29.7 Å². The van der Waals surface area contributed by atoms with Crippen molar-refractivity contribution in [3.63, 3.8) is 0 Å². The average Bonchev–Trinajstić information content (AvgIpc) is 3.52. The standard InChI is InChI=1S/C22H28N8O3/c1-15-11-27(2)7-8-29(15)18-9-20(28-12-16-3-5-22(13-28,33-16)32-14-31)26-30-19(18)10-23-21(30)17-4-6-24-25-17/h4,6,9-10,14-16H,3,5,7-8,11-13H2,1-2H3,(H,24,25)/t15-,16?,22?/m1/s1. The molecule has 0 saturated carbocycles. The number of likely N-dealkylation sites (N-methyl/N-ethyl adjacent to an activating group) is 1. The SMILES string of the molecule is C[C@@H]1CN(C)CCN1c1cc(N2CC3CCC(OC=O)(C2)O3)nn2c(-c3cc[nH]n3)ncc12. The van der Waals surface area contributed by atoms with Crippen LogP contribution in [-0.4, -0.2) is 93.9 Å². The number of carbonyl (C=O) groups is 1. The number of aromatic amines is 1. The smallest absolute Gasteiger partial charge is 0.295 e. The summed E-state index contributed by atoms with van der Waals surface area (Å²) in [5.41, 5.74) is 2.78. The summed E-state index contributed by atoms with van der Waals surface area (Å²) in [6.07, 6.45) is 5.22. The van der Waals surface area contributed by atoms with Gasteiger partial charge in [-0.05, 0) is 26.5 Å². The molecule has 3 fully saturated rings. The van der Waals surface area contributed by atoms with Gasteiger partial charge in [-0.25, -0.2) is 9.50 Å². The zero-order valence-electron chi connectivity index (χ0n) is 18.8. The maximum absolute atomic E-state index is 11.2. The van der Waals surface area contributed by atoms with Gasteiger partial charge in [-0.15, -0.1) is 5.10 Å². The Hall–Kier alpha value is -3.18. The molecule has 3 aromatic heterocycles. The highest BCUT2D eigenvalue weighted by Gasteiger charge is 2.49. The van der Waals surface area contributed by atoms with Gasteiger partial charge in [0, 0.05) is 50.9 Å². The number of anilines is 2. The first-order valence-corrected chi connectivity index (χ1v) is 11.4. The topological polar surface area (TPSA) is 104 Å². The molecule has 3 aromatic rings. The van der Waals surface area contributed by atoms with Crippen molar-refractivity contribution in [2.75, 3.05) is 49.6 Å². The van der Waals surface area contributed by atoms with E-state index < -0.39 is 5.79 Å². The summed E-state index contributed by atoms with van der Waals surface area (Å²) >= 11 is 0. The minimum atomic E-state index is -0.900. The molecule has 0 radical (unpaired) electrons. The van der Waals surface area contributed by atoms with Crippen molar-refractivity contribution in [2.24, 2.45) is 0 Å². The van der Waals surface area contributed by atoms with Crippen molar-refractivity contribution >= 4 is 23.5 Å². The van der Waals surface area contributed by atoms with Gasteiger partial charge in [-0.3, -0.25) is 9.89 Å². The lowest BCUT2D eigenvalue weighted by atomic mass is 10.1. The number of carbonyl (C=O) groups excluding carboxylic acids is 1. The Kier molecular flexibility index (Phi) is 4.77. The lowest BCUT2D eigenvalue weighted by Crippen LogP contribution is -2.52. The molecule has 0 aliphatic carbocycles. The number of piperazine rings is 1. The van der Waals surface area contributed by atoms with Gasteiger partial charge in [0.05, 0.1) is 24.5 Å². The Morgan fingerprint density at radius 3 is 3.03 bits per heavy atom. The first-order valence-electron chi connectivity index (χ1n) is 11.4. The van der Waals surface area contributed by atoms with E-state index in [-0.39, 0.29) is 6.10 Å². The number of hydrogen-bond acceptors (Lipinski definition) is 9. The molecule has 2 bridgehead atoms. The van der Waals surface area contributed by atoms with E-state index in [1.807, 2.05) is 16.8 Å². The minimum absolute atomic E-state index is 0.0100. The van der Waals surface area contributed by atoms with Crippen LogP contribution in [0.25, 0.3) is 17.0 Å². The molecule has 33 heavy (non-hydrogen) atoms. The Morgan fingerprint density at radius 1 is 1.33 bits per heavy atom. The molecule has 2 unspecified atom stereocenters. The van der Waals surface area contributed by atoms with Gasteiger partial charge in [-0.2, -0.15) is 5.10 Å². The maximum Gasteiger partial charge on any atom is 0.295 e. The largest absolute Gasteiger partial charge is 0.433 e. The van der Waals surface area contributed by atoms with Crippen molar-refractivity contribution in [1.29, 1.82) is 0 Å². The summed E-state index contributed by atoms with van der Waals surface area (Å²) in [7, 11) is 2.16. The summed E-state index contributed by atoms with van der Waals surface area (Å²) in [5, 5.41) is 12.2. The fourth-order valence-electron chi connectivity index (χ4n) is 5.43. The van der Waals surface area contributed by atoms with Gasteiger partial charge in [0.15, 0.2) is 11.6 Å². The quantitative estimate of drug-likeness (QED) is 0.571. The number of rotatable bonds is 5. The third-order valence-electron chi connectivity index (χ3n) is 7.01. The van der Waals surface area contributed by atoms with E-state index in [0.717, 1.165) is 48.8 Å². The zero-order chi connectivity index (χ0) is 22.6. The Bertz CT molecular complexity index is 1160. The number of ether oxygens (including phenoxy) is 2. The molecule has 0 amide bonds. The maximum atomic E-state index is 11.2. The minimum Gasteiger partial charge on any atom is -0.433 e. The lowest BCUT2D eigenvalue weighted by Gasteiger charge is -2.41. The second kappa shape index (κ2) is 7.70. The second-order valence-electron chi connectivity index (χ2n) is 9.31. The fraction of sp³-hybridized carbons (Fsp3) is 0.545. The highest BCUT2D eigenvalue weighted by atomic mass is 16.7. The molecule has 6 heterocycles. The van der Waals surface area contributed by atoms with Crippen LogP contribution in [0.1, 0.15) is 19.8 Å². The molecule has 3 saturated heterocycles. The van der Waals surface area contributed by atoms with Crippen LogP contribution in [0.3, 0.4) is 0 Å². The second-order valence-corrected chi connectivity index (χ2v) is 9.31. The summed E-state index contributed by atoms with van der Waals surface area (Å²) in [6.45, 7) is 6.79. The first kappa shape index (κ1) is 20.4. The van der Waals surface area contributed by atoms with Crippen LogP contribution in [0.2, 0.25) is 0 Å². The van der Waals surface area contributed by atoms with E-state index in [4.69, 9.17) is 14.6 Å². The van der Waals surface area contributed by atoms with Crippen molar-refractivity contribution in [3.05, 3.63) is 24.5 Å². The van der Waals surface area contributed by atoms with Crippen molar-refractivity contribution < 1.29 is 14.3 Å². The summed E-state index contributed by atoms with van der Waals surface area (Å²) in [4.78, 5) is 22.8. The molecule has 0 aromatic carbocycles. The van der Waals surface area contributed by atoms with Gasteiger partial charge in [-0.1, -0.05) is 0 Å². The molecule has 11 nitrogen and oxygen atoms in total. The van der Waals surface area contributed by atoms with Gasteiger partial charge < -0.3 is 24.2 Å². The van der Waals surface area contributed by atoms with Gasteiger partial charge in [0.2, 0.25) is 5.79 Å². The van der Waals surface area contributed by atoms with E-state index in [2.05, 4.69) is 49.9 Å². The summed E-state index contributed by atoms with van der Waals surface area (Å²) < 4.78 is 13.3. The van der Waals surface area contributed by atoms with Crippen molar-refractivity contribution in [2.45, 2.75) is 37.7 Å². The number of nitrogens with zero attached hydrogens (tertiary/aromatic N) is 7. The molecule has 174 valence electrons. The number of fused-ring (bicyclic) bond motifs is 3. The van der Waals surface area contributed by atoms with Crippen LogP contribution < -0.4 is 9.80 Å². The molecule has 0 spiro atoms. The number of morpholine rings is 1. The van der Waals surface area contributed by atoms with Crippen LogP contribution in [0.15, 0.2) is 24.5 Å². The Labute approximate surface area is 191 Å². The molecule has 3 atom stereocenters. The van der Waals surface area contributed by atoms with Gasteiger partial charge >= 0.3 is 0 Å². The molecule has 1 N–H and O–H groups in total. The fourth-order valence-corrected chi connectivity index (χ4v) is 5.43. The van der Waals surface area contributed by atoms with E-state index in [0.29, 0.717) is 37.8 Å². The summed E-state index contributed by atoms with van der Waals surface area (Å²) in [5.74, 6) is 0.599. The predicted molar refractivity (Wildman–Crippen MR) is 121 cm³/mol. The van der Waals surface area contributed by atoms with Crippen molar-refractivity contribution in [3.8, 4) is 11.5 Å². The number of H-pyrrole nitrogens is 1. The van der Waals surface area contributed by atoms with Crippen LogP contribution in [-0.2, 0) is 14.3 Å². The van der Waals surface area contributed by atoms with Crippen LogP contribution in [0.4, 0.5) is 11.5 Å². The molecule has 11 heteroatoms. The molecule has 6 rings (SSSR count). The normalized spacial score (nSPS) is 27.9. The molecular weight excluding hydrogens is 424 g/mol. The van der Waals surface area contributed by atoms with E-state index in [1.54, 1.807) is 6.20 Å². The van der Waals surface area contributed by atoms with Gasteiger partial charge in [0.1, 0.15) is 11.2 Å². The predicted octanol–water partition coefficient (Wildman–Crippen LogP) is 1.13. The number of nitrogens with one attached hydrogen (secondary N) is 1. The third-order valence-corrected chi connectivity index (χ3v) is 7.01. The molecule has 3 aliphatic heterocycles.